The molecule has 1 fully saturated rings. The Morgan fingerprint density at radius 2 is 2.14 bits per heavy atom. The first-order chi connectivity index (χ1) is 10.1. The van der Waals surface area contributed by atoms with E-state index in [0.717, 1.165) is 48.1 Å². The lowest BCUT2D eigenvalue weighted by atomic mass is 9.93. The third-order valence-electron chi connectivity index (χ3n) is 3.85. The van der Waals surface area contributed by atoms with Crippen molar-refractivity contribution in [3.8, 4) is 11.5 Å². The summed E-state index contributed by atoms with van der Waals surface area (Å²) in [6, 6.07) is 4.18. The lowest BCUT2D eigenvalue weighted by Gasteiger charge is -2.28. The summed E-state index contributed by atoms with van der Waals surface area (Å²) in [5.74, 6) is 1.56. The van der Waals surface area contributed by atoms with Crippen molar-refractivity contribution < 1.29 is 9.47 Å². The zero-order chi connectivity index (χ0) is 14.8. The number of ether oxygens (including phenoxy) is 2. The molecule has 1 aromatic carbocycles. The third kappa shape index (κ3) is 3.65. The van der Waals surface area contributed by atoms with E-state index >= 15 is 0 Å². The van der Waals surface area contributed by atoms with Gasteiger partial charge in [-0.15, -0.1) is 12.4 Å². The maximum absolute atomic E-state index is 6.19. The lowest BCUT2D eigenvalue weighted by Crippen LogP contribution is -2.33. The molecule has 0 saturated heterocycles. The van der Waals surface area contributed by atoms with E-state index in [9.17, 15) is 0 Å². The number of benzene rings is 1. The van der Waals surface area contributed by atoms with Crippen LogP contribution in [0.5, 0.6) is 11.5 Å². The van der Waals surface area contributed by atoms with Crippen molar-refractivity contribution in [3.05, 3.63) is 18.3 Å². The van der Waals surface area contributed by atoms with Gasteiger partial charge in [0.1, 0.15) is 6.10 Å². The minimum absolute atomic E-state index is 0. The minimum atomic E-state index is 0. The average Bonchev–Trinajstić information content (AvgIpc) is 2.90. The molecule has 1 aromatic heterocycles. The normalized spacial score (nSPS) is 21.6. The number of hydrogen-bond donors (Lipinski definition) is 2. The summed E-state index contributed by atoms with van der Waals surface area (Å²) >= 11 is 0. The number of rotatable bonds is 4. The summed E-state index contributed by atoms with van der Waals surface area (Å²) in [7, 11) is 0. The molecular weight excluding hydrogens is 302 g/mol. The number of nitrogens with zero attached hydrogens (tertiary/aromatic N) is 1. The Labute approximate surface area is 137 Å². The maximum Gasteiger partial charge on any atom is 0.172 e. The van der Waals surface area contributed by atoms with Crippen molar-refractivity contribution in [1.82, 2.24) is 10.2 Å². The number of fused-ring (bicyclic) bond motifs is 1. The second-order valence-electron chi connectivity index (χ2n) is 6.06. The van der Waals surface area contributed by atoms with Gasteiger partial charge in [0, 0.05) is 6.04 Å². The van der Waals surface area contributed by atoms with Gasteiger partial charge in [-0.1, -0.05) is 0 Å². The first-order valence-electron chi connectivity index (χ1n) is 7.68. The highest BCUT2D eigenvalue weighted by molar-refractivity contribution is 5.87. The van der Waals surface area contributed by atoms with Crippen molar-refractivity contribution in [2.45, 2.75) is 57.8 Å². The lowest BCUT2D eigenvalue weighted by molar-refractivity contribution is 0.134. The van der Waals surface area contributed by atoms with Crippen LogP contribution >= 0.6 is 12.4 Å². The van der Waals surface area contributed by atoms with Crippen LogP contribution in [0.3, 0.4) is 0 Å². The summed E-state index contributed by atoms with van der Waals surface area (Å²) in [6.07, 6.45) is 6.22. The Balaban J connectivity index is 0.00000176. The van der Waals surface area contributed by atoms with E-state index in [1.54, 1.807) is 6.20 Å². The molecule has 3 rings (SSSR count). The summed E-state index contributed by atoms with van der Waals surface area (Å²) in [6.45, 7) is 4.03. The molecule has 0 spiro atoms. The zero-order valence-corrected chi connectivity index (χ0v) is 13.9. The molecule has 5 nitrogen and oxygen atoms in total. The smallest absolute Gasteiger partial charge is 0.172 e. The highest BCUT2D eigenvalue weighted by Gasteiger charge is 2.23. The van der Waals surface area contributed by atoms with E-state index in [1.807, 2.05) is 26.0 Å². The molecule has 122 valence electrons. The molecule has 0 bridgehead atoms. The number of aromatic nitrogens is 2. The molecule has 0 aliphatic heterocycles. The van der Waals surface area contributed by atoms with E-state index in [2.05, 4.69) is 10.2 Å². The Hall–Kier alpha value is -1.46. The molecular formula is C16H24ClN3O2. The van der Waals surface area contributed by atoms with E-state index in [1.165, 1.54) is 0 Å². The van der Waals surface area contributed by atoms with Crippen LogP contribution < -0.4 is 15.2 Å². The van der Waals surface area contributed by atoms with Crippen molar-refractivity contribution in [1.29, 1.82) is 0 Å². The van der Waals surface area contributed by atoms with Gasteiger partial charge in [-0.3, -0.25) is 5.10 Å². The van der Waals surface area contributed by atoms with Crippen LogP contribution in [0.1, 0.15) is 39.5 Å². The monoisotopic (exact) mass is 325 g/mol. The summed E-state index contributed by atoms with van der Waals surface area (Å²) < 4.78 is 12.2. The van der Waals surface area contributed by atoms with Crippen LogP contribution in [-0.4, -0.2) is 28.4 Å². The number of aromatic amines is 1. The Kier molecular flexibility index (Phi) is 5.53. The molecule has 6 heteroatoms. The molecule has 1 aliphatic carbocycles. The maximum atomic E-state index is 6.19. The number of nitrogens with one attached hydrogen (secondary N) is 1. The van der Waals surface area contributed by atoms with Gasteiger partial charge >= 0.3 is 0 Å². The minimum Gasteiger partial charge on any atom is -0.486 e. The number of halogens is 1. The van der Waals surface area contributed by atoms with Crippen LogP contribution in [0, 0.1) is 0 Å². The van der Waals surface area contributed by atoms with Gasteiger partial charge in [-0.2, -0.15) is 5.10 Å². The molecule has 0 radical (unpaired) electrons. The zero-order valence-electron chi connectivity index (χ0n) is 13.0. The van der Waals surface area contributed by atoms with Gasteiger partial charge in [0.2, 0.25) is 0 Å². The highest BCUT2D eigenvalue weighted by Crippen LogP contribution is 2.37. The van der Waals surface area contributed by atoms with E-state index in [-0.39, 0.29) is 30.7 Å². The van der Waals surface area contributed by atoms with Crippen molar-refractivity contribution in [3.63, 3.8) is 0 Å². The molecule has 2 aromatic rings. The van der Waals surface area contributed by atoms with Crippen molar-refractivity contribution >= 4 is 23.3 Å². The topological polar surface area (TPSA) is 73.2 Å². The van der Waals surface area contributed by atoms with Gasteiger partial charge in [-0.25, -0.2) is 0 Å². The number of H-pyrrole nitrogens is 1. The Bertz CT molecular complexity index is 614. The van der Waals surface area contributed by atoms with Crippen molar-refractivity contribution in [2.75, 3.05) is 0 Å². The fraction of sp³-hybridized carbons (Fsp3) is 0.562. The highest BCUT2D eigenvalue weighted by atomic mass is 35.5. The fourth-order valence-corrected chi connectivity index (χ4v) is 2.89. The Morgan fingerprint density at radius 3 is 2.86 bits per heavy atom. The van der Waals surface area contributed by atoms with Crippen LogP contribution in [0.4, 0.5) is 0 Å². The summed E-state index contributed by atoms with van der Waals surface area (Å²) in [4.78, 5) is 0. The van der Waals surface area contributed by atoms with Crippen LogP contribution in [0.15, 0.2) is 18.3 Å². The molecule has 0 amide bonds. The second-order valence-corrected chi connectivity index (χ2v) is 6.06. The van der Waals surface area contributed by atoms with Gasteiger partial charge in [0.25, 0.3) is 0 Å². The Morgan fingerprint density at radius 1 is 1.32 bits per heavy atom. The number of hydrogen-bond acceptors (Lipinski definition) is 4. The molecule has 3 N–H and O–H groups in total. The average molecular weight is 326 g/mol. The molecule has 1 heterocycles. The van der Waals surface area contributed by atoms with E-state index in [0.29, 0.717) is 0 Å². The molecule has 1 saturated carbocycles. The fourth-order valence-electron chi connectivity index (χ4n) is 2.89. The molecule has 22 heavy (non-hydrogen) atoms. The van der Waals surface area contributed by atoms with Gasteiger partial charge in [-0.05, 0) is 51.7 Å². The van der Waals surface area contributed by atoms with Crippen LogP contribution in [0.25, 0.3) is 10.9 Å². The van der Waals surface area contributed by atoms with Gasteiger partial charge in [0.05, 0.1) is 23.2 Å². The van der Waals surface area contributed by atoms with E-state index in [4.69, 9.17) is 15.2 Å². The molecule has 1 aliphatic rings. The SMILES string of the molecule is CC(C)Oc1c(O[C@H]2CCC[C@@H](N)C2)ccc2[nH]ncc12.Cl. The largest absolute Gasteiger partial charge is 0.486 e. The van der Waals surface area contributed by atoms with Crippen LogP contribution in [-0.2, 0) is 0 Å². The second kappa shape index (κ2) is 7.20. The number of nitrogens with two attached hydrogens (primary N) is 1. The van der Waals surface area contributed by atoms with Gasteiger partial charge in [0.15, 0.2) is 11.5 Å². The standard InChI is InChI=1S/C16H23N3O2.ClH/c1-10(2)20-16-13-9-18-19-14(13)6-7-15(16)21-12-5-3-4-11(17)8-12;/h6-7,9-12H,3-5,8,17H2,1-2H3,(H,18,19);1H/t11-,12+;/m1./s1. The molecule has 2 atom stereocenters. The first-order valence-corrected chi connectivity index (χ1v) is 7.68. The predicted octanol–water partition coefficient (Wildman–Crippen LogP) is 3.42. The van der Waals surface area contributed by atoms with E-state index < -0.39 is 0 Å². The van der Waals surface area contributed by atoms with Gasteiger partial charge < -0.3 is 15.2 Å². The predicted molar refractivity (Wildman–Crippen MR) is 90.0 cm³/mol. The summed E-state index contributed by atoms with van der Waals surface area (Å²) in [5.41, 5.74) is 7.00. The quantitative estimate of drug-likeness (QED) is 0.903. The first kappa shape index (κ1) is 16.9. The molecule has 0 unspecified atom stereocenters. The third-order valence-corrected chi connectivity index (χ3v) is 3.85. The van der Waals surface area contributed by atoms with Crippen molar-refractivity contribution in [2.24, 2.45) is 5.73 Å². The summed E-state index contributed by atoms with van der Waals surface area (Å²) in [5, 5.41) is 8.01. The van der Waals surface area contributed by atoms with Crippen LogP contribution in [0.2, 0.25) is 0 Å².